The molecule has 1 N–H and O–H groups in total. The van der Waals surface area contributed by atoms with Crippen molar-refractivity contribution in [3.8, 4) is 17.2 Å². The van der Waals surface area contributed by atoms with E-state index in [0.29, 0.717) is 25.3 Å². The van der Waals surface area contributed by atoms with E-state index < -0.39 is 0 Å². The molecular formula is C20H21N3O3. The third-order valence-corrected chi connectivity index (χ3v) is 3.75. The van der Waals surface area contributed by atoms with Crippen LogP contribution in [-0.2, 0) is 0 Å². The summed E-state index contributed by atoms with van der Waals surface area (Å²) in [5, 5.41) is 7.20. The number of para-hydroxylation sites is 2. The lowest BCUT2D eigenvalue weighted by atomic mass is 10.3. The van der Waals surface area contributed by atoms with E-state index in [1.807, 2.05) is 60.7 Å². The molecule has 1 amide bonds. The van der Waals surface area contributed by atoms with Crippen molar-refractivity contribution in [1.82, 2.24) is 15.1 Å². The zero-order valence-electron chi connectivity index (χ0n) is 14.6. The monoisotopic (exact) mass is 351 g/mol. The summed E-state index contributed by atoms with van der Waals surface area (Å²) in [6.45, 7) is 1.02. The highest BCUT2D eigenvalue weighted by Gasteiger charge is 2.17. The van der Waals surface area contributed by atoms with Crippen molar-refractivity contribution in [3.05, 3.63) is 72.6 Å². The van der Waals surface area contributed by atoms with E-state index in [1.165, 1.54) is 7.11 Å². The van der Waals surface area contributed by atoms with Crippen molar-refractivity contribution >= 4 is 5.91 Å². The molecule has 6 heteroatoms. The second-order valence-corrected chi connectivity index (χ2v) is 5.60. The van der Waals surface area contributed by atoms with Crippen LogP contribution >= 0.6 is 0 Å². The number of benzene rings is 2. The molecule has 6 nitrogen and oxygen atoms in total. The molecule has 3 rings (SSSR count). The van der Waals surface area contributed by atoms with Crippen LogP contribution in [0.3, 0.4) is 0 Å². The molecule has 0 saturated carbocycles. The molecule has 1 aromatic heterocycles. The number of hydrogen-bond acceptors (Lipinski definition) is 4. The normalized spacial score (nSPS) is 10.3. The molecule has 0 aliphatic carbocycles. The third kappa shape index (κ3) is 4.42. The molecule has 0 spiro atoms. The van der Waals surface area contributed by atoms with E-state index >= 15 is 0 Å². The van der Waals surface area contributed by atoms with Gasteiger partial charge in [0.05, 0.1) is 25.6 Å². The number of aromatic nitrogens is 2. The molecule has 0 aliphatic rings. The van der Waals surface area contributed by atoms with Crippen LogP contribution in [0.15, 0.2) is 66.9 Å². The number of nitrogens with zero attached hydrogens (tertiary/aromatic N) is 2. The summed E-state index contributed by atoms with van der Waals surface area (Å²) in [6.07, 6.45) is 2.39. The maximum atomic E-state index is 12.4. The predicted octanol–water partition coefficient (Wildman–Crippen LogP) is 3.08. The minimum Gasteiger partial charge on any atom is -0.494 e. The number of ether oxygens (including phenoxy) is 2. The average molecular weight is 351 g/mol. The van der Waals surface area contributed by atoms with Crippen LogP contribution in [0.5, 0.6) is 11.5 Å². The molecule has 0 aliphatic heterocycles. The molecule has 26 heavy (non-hydrogen) atoms. The molecule has 1 heterocycles. The Morgan fingerprint density at radius 1 is 1.08 bits per heavy atom. The minimum absolute atomic E-state index is 0.264. The Morgan fingerprint density at radius 2 is 1.77 bits per heavy atom. The first-order valence-electron chi connectivity index (χ1n) is 8.43. The summed E-state index contributed by atoms with van der Waals surface area (Å²) in [5.41, 5.74) is 1.13. The fraction of sp³-hybridized carbons (Fsp3) is 0.200. The van der Waals surface area contributed by atoms with Crippen LogP contribution < -0.4 is 14.8 Å². The second kappa shape index (κ2) is 8.71. The summed E-state index contributed by atoms with van der Waals surface area (Å²) >= 11 is 0. The molecule has 0 bridgehead atoms. The fourth-order valence-corrected chi connectivity index (χ4v) is 2.44. The molecule has 0 saturated heterocycles. The first-order valence-corrected chi connectivity index (χ1v) is 8.43. The topological polar surface area (TPSA) is 65.4 Å². The highest BCUT2D eigenvalue weighted by atomic mass is 16.5. The number of nitrogens with one attached hydrogen (secondary N) is 1. The van der Waals surface area contributed by atoms with Crippen LogP contribution in [0.1, 0.15) is 16.9 Å². The molecule has 0 atom stereocenters. The zero-order chi connectivity index (χ0) is 18.2. The number of hydrogen-bond donors (Lipinski definition) is 1. The molecular weight excluding hydrogens is 330 g/mol. The summed E-state index contributed by atoms with van der Waals surface area (Å²) < 4.78 is 12.5. The largest absolute Gasteiger partial charge is 0.494 e. The number of rotatable bonds is 8. The van der Waals surface area contributed by atoms with Gasteiger partial charge in [0.25, 0.3) is 5.91 Å². The Morgan fingerprint density at radius 3 is 2.46 bits per heavy atom. The maximum Gasteiger partial charge on any atom is 0.275 e. The SMILES string of the molecule is COc1cn(-c2ccccc2)nc1C(=O)NCCCOc1ccccc1. The first kappa shape index (κ1) is 17.5. The summed E-state index contributed by atoms with van der Waals surface area (Å²) in [6, 6.07) is 19.2. The van der Waals surface area contributed by atoms with Gasteiger partial charge in [0.1, 0.15) is 5.75 Å². The molecule has 2 aromatic carbocycles. The summed E-state index contributed by atoms with van der Waals surface area (Å²) in [4.78, 5) is 12.4. The Hall–Kier alpha value is -3.28. The van der Waals surface area contributed by atoms with Crippen LogP contribution in [0.25, 0.3) is 5.69 Å². The van der Waals surface area contributed by atoms with Gasteiger partial charge in [-0.15, -0.1) is 0 Å². The van der Waals surface area contributed by atoms with Gasteiger partial charge in [-0.25, -0.2) is 4.68 Å². The molecule has 0 fully saturated rings. The van der Waals surface area contributed by atoms with Gasteiger partial charge in [0, 0.05) is 6.54 Å². The minimum atomic E-state index is -0.267. The molecule has 0 unspecified atom stereocenters. The van der Waals surface area contributed by atoms with Crippen LogP contribution in [0.2, 0.25) is 0 Å². The van der Waals surface area contributed by atoms with Gasteiger partial charge in [-0.05, 0) is 30.7 Å². The van der Waals surface area contributed by atoms with Gasteiger partial charge < -0.3 is 14.8 Å². The van der Waals surface area contributed by atoms with Crippen molar-refractivity contribution in [2.75, 3.05) is 20.3 Å². The van der Waals surface area contributed by atoms with Crippen molar-refractivity contribution in [2.24, 2.45) is 0 Å². The van der Waals surface area contributed by atoms with Crippen LogP contribution in [0, 0.1) is 0 Å². The van der Waals surface area contributed by atoms with Gasteiger partial charge in [-0.3, -0.25) is 4.79 Å². The van der Waals surface area contributed by atoms with E-state index in [4.69, 9.17) is 9.47 Å². The predicted molar refractivity (Wildman–Crippen MR) is 99.0 cm³/mol. The lowest BCUT2D eigenvalue weighted by molar-refractivity contribution is 0.0943. The van der Waals surface area contributed by atoms with E-state index in [2.05, 4.69) is 10.4 Å². The van der Waals surface area contributed by atoms with Crippen molar-refractivity contribution in [3.63, 3.8) is 0 Å². The Bertz CT molecular complexity index is 832. The molecule has 0 radical (unpaired) electrons. The number of carbonyl (C=O) groups is 1. The zero-order valence-corrected chi connectivity index (χ0v) is 14.6. The lowest BCUT2D eigenvalue weighted by Gasteiger charge is -2.07. The fourth-order valence-electron chi connectivity index (χ4n) is 2.44. The number of carbonyl (C=O) groups excluding carboxylic acids is 1. The molecule has 134 valence electrons. The van der Waals surface area contributed by atoms with Crippen molar-refractivity contribution in [2.45, 2.75) is 6.42 Å². The van der Waals surface area contributed by atoms with Gasteiger partial charge >= 0.3 is 0 Å². The van der Waals surface area contributed by atoms with Crippen LogP contribution in [-0.4, -0.2) is 35.9 Å². The van der Waals surface area contributed by atoms with Gasteiger partial charge in [-0.1, -0.05) is 36.4 Å². The Balaban J connectivity index is 1.53. The summed E-state index contributed by atoms with van der Waals surface area (Å²) in [7, 11) is 1.52. The smallest absolute Gasteiger partial charge is 0.275 e. The molecule has 3 aromatic rings. The van der Waals surface area contributed by atoms with Crippen LogP contribution in [0.4, 0.5) is 0 Å². The second-order valence-electron chi connectivity index (χ2n) is 5.60. The van der Waals surface area contributed by atoms with E-state index in [9.17, 15) is 4.79 Å². The average Bonchev–Trinajstić information content (AvgIpc) is 3.14. The maximum absolute atomic E-state index is 12.4. The van der Waals surface area contributed by atoms with E-state index in [-0.39, 0.29) is 11.6 Å². The number of methoxy groups -OCH3 is 1. The highest BCUT2D eigenvalue weighted by molar-refractivity contribution is 5.94. The Kier molecular flexibility index (Phi) is 5.88. The Labute approximate surface area is 152 Å². The third-order valence-electron chi connectivity index (χ3n) is 3.75. The summed E-state index contributed by atoms with van der Waals surface area (Å²) in [5.74, 6) is 0.991. The lowest BCUT2D eigenvalue weighted by Crippen LogP contribution is -2.26. The van der Waals surface area contributed by atoms with Crippen molar-refractivity contribution in [1.29, 1.82) is 0 Å². The quantitative estimate of drug-likeness (QED) is 0.634. The van der Waals surface area contributed by atoms with Crippen molar-refractivity contribution < 1.29 is 14.3 Å². The van der Waals surface area contributed by atoms with Gasteiger partial charge in [0.2, 0.25) is 0 Å². The first-order chi connectivity index (χ1) is 12.8. The van der Waals surface area contributed by atoms with Gasteiger partial charge in [-0.2, -0.15) is 5.10 Å². The van der Waals surface area contributed by atoms with E-state index in [1.54, 1.807) is 10.9 Å². The van der Waals surface area contributed by atoms with Gasteiger partial charge in [0.15, 0.2) is 11.4 Å². The highest BCUT2D eigenvalue weighted by Crippen LogP contribution is 2.19. The standard InChI is InChI=1S/C20H21N3O3/c1-25-18-15-23(16-9-4-2-5-10-16)22-19(18)20(24)21-13-8-14-26-17-11-6-3-7-12-17/h2-7,9-12,15H,8,13-14H2,1H3,(H,21,24). The van der Waals surface area contributed by atoms with E-state index in [0.717, 1.165) is 11.4 Å². The number of amides is 1.